The second-order valence-corrected chi connectivity index (χ2v) is 7.50. The summed E-state index contributed by atoms with van der Waals surface area (Å²) in [5, 5.41) is 2.61. The van der Waals surface area contributed by atoms with Crippen molar-refractivity contribution in [1.82, 2.24) is 5.32 Å². The molecule has 6 nitrogen and oxygen atoms in total. The molecule has 0 heterocycles. The van der Waals surface area contributed by atoms with Gasteiger partial charge in [-0.25, -0.2) is 12.8 Å². The minimum Gasteiger partial charge on any atom is -0.484 e. The third-order valence-electron chi connectivity index (χ3n) is 3.54. The monoisotopic (exact) mass is 380 g/mol. The normalized spacial score (nSPS) is 11.0. The number of sulfonamides is 1. The van der Waals surface area contributed by atoms with Crippen molar-refractivity contribution in [3.8, 4) is 5.75 Å². The Morgan fingerprint density at radius 2 is 1.81 bits per heavy atom. The van der Waals surface area contributed by atoms with Crippen LogP contribution >= 0.6 is 0 Å². The fourth-order valence-electron chi connectivity index (χ4n) is 2.29. The van der Waals surface area contributed by atoms with Gasteiger partial charge in [0, 0.05) is 12.1 Å². The Morgan fingerprint density at radius 1 is 1.15 bits per heavy atom. The smallest absolute Gasteiger partial charge is 0.257 e. The van der Waals surface area contributed by atoms with Crippen LogP contribution in [-0.2, 0) is 21.4 Å². The molecule has 8 heteroatoms. The fraction of sp³-hybridized carbons (Fsp3) is 0.278. The molecule has 0 unspecified atom stereocenters. The van der Waals surface area contributed by atoms with Crippen molar-refractivity contribution in [2.75, 3.05) is 23.7 Å². The van der Waals surface area contributed by atoms with Crippen LogP contribution in [0.4, 0.5) is 10.1 Å². The van der Waals surface area contributed by atoms with Gasteiger partial charge in [0.05, 0.1) is 18.5 Å². The van der Waals surface area contributed by atoms with Crippen molar-refractivity contribution in [2.45, 2.75) is 13.5 Å². The summed E-state index contributed by atoms with van der Waals surface area (Å²) in [6.07, 6.45) is 1.06. The van der Waals surface area contributed by atoms with Crippen LogP contribution in [0.25, 0.3) is 0 Å². The molecule has 0 atom stereocenters. The van der Waals surface area contributed by atoms with Gasteiger partial charge in [0.2, 0.25) is 10.0 Å². The third-order valence-corrected chi connectivity index (χ3v) is 4.68. The van der Waals surface area contributed by atoms with Crippen LogP contribution in [0.5, 0.6) is 5.75 Å². The predicted molar refractivity (Wildman–Crippen MR) is 98.0 cm³/mol. The molecule has 0 spiro atoms. The quantitative estimate of drug-likeness (QED) is 0.763. The van der Waals surface area contributed by atoms with Gasteiger partial charge < -0.3 is 10.1 Å². The van der Waals surface area contributed by atoms with Gasteiger partial charge in [-0.1, -0.05) is 18.2 Å². The second-order valence-electron chi connectivity index (χ2n) is 5.60. The highest BCUT2D eigenvalue weighted by Crippen LogP contribution is 2.24. The zero-order chi connectivity index (χ0) is 19.2. The highest BCUT2D eigenvalue weighted by Gasteiger charge is 2.19. The van der Waals surface area contributed by atoms with Crippen molar-refractivity contribution in [3.63, 3.8) is 0 Å². The molecule has 1 N–H and O–H groups in total. The first-order valence-corrected chi connectivity index (χ1v) is 9.86. The number of nitrogens with one attached hydrogen (secondary N) is 1. The number of nitrogens with zero attached hydrogens (tertiary/aromatic N) is 1. The van der Waals surface area contributed by atoms with Crippen LogP contribution in [0, 0.1) is 5.82 Å². The van der Waals surface area contributed by atoms with Gasteiger partial charge in [-0.05, 0) is 37.3 Å². The van der Waals surface area contributed by atoms with Crippen molar-refractivity contribution in [1.29, 1.82) is 0 Å². The van der Waals surface area contributed by atoms with Gasteiger partial charge in [-0.3, -0.25) is 9.10 Å². The maximum Gasteiger partial charge on any atom is 0.257 e. The number of hydrogen-bond donors (Lipinski definition) is 1. The SMILES string of the molecule is CCNC(=O)COc1ccc(N(Cc2ccccc2F)S(C)(=O)=O)cc1. The van der Waals surface area contributed by atoms with Gasteiger partial charge in [0.25, 0.3) is 5.91 Å². The van der Waals surface area contributed by atoms with Crippen LogP contribution in [0.15, 0.2) is 48.5 Å². The molecule has 0 bridgehead atoms. The first kappa shape index (κ1) is 19.7. The summed E-state index contributed by atoms with van der Waals surface area (Å²) in [4.78, 5) is 11.4. The van der Waals surface area contributed by atoms with Gasteiger partial charge in [-0.2, -0.15) is 0 Å². The van der Waals surface area contributed by atoms with E-state index in [2.05, 4.69) is 5.32 Å². The van der Waals surface area contributed by atoms with Crippen molar-refractivity contribution in [3.05, 3.63) is 59.9 Å². The number of ether oxygens (including phenoxy) is 1. The summed E-state index contributed by atoms with van der Waals surface area (Å²) in [5.41, 5.74) is 0.649. The average Bonchev–Trinajstić information content (AvgIpc) is 2.59. The Labute approximate surface area is 152 Å². The van der Waals surface area contributed by atoms with E-state index in [0.29, 0.717) is 18.0 Å². The zero-order valence-electron chi connectivity index (χ0n) is 14.6. The number of carbonyl (C=O) groups is 1. The maximum absolute atomic E-state index is 13.9. The number of likely N-dealkylation sites (N-methyl/N-ethyl adjacent to an activating group) is 1. The molecule has 140 valence electrons. The minimum atomic E-state index is -3.62. The standard InChI is InChI=1S/C18H21FN2O4S/c1-3-20-18(22)13-25-16-10-8-15(9-11-16)21(26(2,23)24)12-14-6-4-5-7-17(14)19/h4-11H,3,12-13H2,1-2H3,(H,20,22). The molecule has 26 heavy (non-hydrogen) atoms. The summed E-state index contributed by atoms with van der Waals surface area (Å²) in [5.74, 6) is -0.281. The van der Waals surface area contributed by atoms with Crippen LogP contribution in [0.2, 0.25) is 0 Å². The molecule has 0 aliphatic heterocycles. The molecule has 0 fully saturated rings. The Hall–Kier alpha value is -2.61. The number of anilines is 1. The van der Waals surface area contributed by atoms with E-state index in [1.165, 1.54) is 12.1 Å². The molecule has 0 aliphatic carbocycles. The van der Waals surface area contributed by atoms with Crippen LogP contribution < -0.4 is 14.4 Å². The number of rotatable bonds is 8. The topological polar surface area (TPSA) is 75.7 Å². The second kappa shape index (κ2) is 8.66. The minimum absolute atomic E-state index is 0.120. The van der Waals surface area contributed by atoms with Crippen LogP contribution in [-0.4, -0.2) is 33.7 Å². The van der Waals surface area contributed by atoms with E-state index in [-0.39, 0.29) is 24.6 Å². The molecule has 0 saturated heterocycles. The lowest BCUT2D eigenvalue weighted by Gasteiger charge is -2.23. The molecule has 0 aromatic heterocycles. The van der Waals surface area contributed by atoms with E-state index in [9.17, 15) is 17.6 Å². The van der Waals surface area contributed by atoms with E-state index < -0.39 is 15.8 Å². The summed E-state index contributed by atoms with van der Waals surface area (Å²) < 4.78 is 44.6. The van der Waals surface area contributed by atoms with Gasteiger partial charge in [-0.15, -0.1) is 0 Å². The van der Waals surface area contributed by atoms with Crippen molar-refractivity contribution < 1.29 is 22.3 Å². The Morgan fingerprint density at radius 3 is 2.38 bits per heavy atom. The van der Waals surface area contributed by atoms with E-state index in [1.54, 1.807) is 36.4 Å². The Kier molecular flexibility index (Phi) is 6.57. The molecular weight excluding hydrogens is 359 g/mol. The molecule has 2 rings (SSSR count). The van der Waals surface area contributed by atoms with Gasteiger partial charge >= 0.3 is 0 Å². The molecule has 1 amide bonds. The summed E-state index contributed by atoms with van der Waals surface area (Å²) in [7, 11) is -3.62. The Bertz CT molecular complexity index is 854. The number of carbonyl (C=O) groups excluding carboxylic acids is 1. The molecule has 0 radical (unpaired) electrons. The predicted octanol–water partition coefficient (Wildman–Crippen LogP) is 2.31. The van der Waals surface area contributed by atoms with E-state index >= 15 is 0 Å². The largest absolute Gasteiger partial charge is 0.484 e. The number of halogens is 1. The molecular formula is C18H21FN2O4S. The lowest BCUT2D eigenvalue weighted by molar-refractivity contribution is -0.122. The lowest BCUT2D eigenvalue weighted by Crippen LogP contribution is -2.29. The number of benzene rings is 2. The van der Waals surface area contributed by atoms with E-state index in [0.717, 1.165) is 10.6 Å². The van der Waals surface area contributed by atoms with Gasteiger partial charge in [0.15, 0.2) is 6.61 Å². The summed E-state index contributed by atoms with van der Waals surface area (Å²) >= 11 is 0. The third kappa shape index (κ3) is 5.45. The maximum atomic E-state index is 13.9. The molecule has 2 aromatic carbocycles. The van der Waals surface area contributed by atoms with E-state index in [4.69, 9.17) is 4.74 Å². The average molecular weight is 380 g/mol. The van der Waals surface area contributed by atoms with Crippen LogP contribution in [0.3, 0.4) is 0 Å². The van der Waals surface area contributed by atoms with Crippen molar-refractivity contribution >= 4 is 21.6 Å². The fourth-order valence-corrected chi connectivity index (χ4v) is 3.17. The number of amides is 1. The zero-order valence-corrected chi connectivity index (χ0v) is 15.4. The first-order valence-electron chi connectivity index (χ1n) is 8.02. The van der Waals surface area contributed by atoms with Crippen LogP contribution in [0.1, 0.15) is 12.5 Å². The number of hydrogen-bond acceptors (Lipinski definition) is 4. The van der Waals surface area contributed by atoms with Crippen molar-refractivity contribution in [2.24, 2.45) is 0 Å². The molecule has 0 saturated carbocycles. The first-order chi connectivity index (χ1) is 12.3. The highest BCUT2D eigenvalue weighted by molar-refractivity contribution is 7.92. The summed E-state index contributed by atoms with van der Waals surface area (Å²) in [6.45, 7) is 2.07. The molecule has 2 aromatic rings. The summed E-state index contributed by atoms with van der Waals surface area (Å²) in [6, 6.07) is 12.2. The highest BCUT2D eigenvalue weighted by atomic mass is 32.2. The molecule has 0 aliphatic rings. The Balaban J connectivity index is 2.16. The van der Waals surface area contributed by atoms with Gasteiger partial charge in [0.1, 0.15) is 11.6 Å². The van der Waals surface area contributed by atoms with E-state index in [1.807, 2.05) is 6.92 Å². The lowest BCUT2D eigenvalue weighted by atomic mass is 10.2.